The number of aliphatic carboxylic acids is 1. The average molecular weight is 360 g/mol. The van der Waals surface area contributed by atoms with E-state index in [9.17, 15) is 18.3 Å². The van der Waals surface area contributed by atoms with Gasteiger partial charge in [-0.15, -0.1) is 0 Å². The number of benzene rings is 2. The maximum atomic E-state index is 13.1. The molecule has 0 bridgehead atoms. The standard InChI is InChI=1S/C19H23NO4S/c1-14-11-15(2)19(16(3)12-14)25(23,24)20(13-18(21)22)10-9-17-7-5-4-6-8-17/h4-8,11-12H,9-10,13H2,1-3H3,(H,21,22)/p-1. The summed E-state index contributed by atoms with van der Waals surface area (Å²) in [6, 6.07) is 12.9. The molecular formula is C19H22NO4S-. The van der Waals surface area contributed by atoms with Crippen molar-refractivity contribution >= 4 is 16.0 Å². The van der Waals surface area contributed by atoms with Crippen molar-refractivity contribution in [3.05, 3.63) is 64.7 Å². The number of carboxylic acids is 1. The van der Waals surface area contributed by atoms with E-state index in [1.54, 1.807) is 26.0 Å². The van der Waals surface area contributed by atoms with Gasteiger partial charge >= 0.3 is 0 Å². The van der Waals surface area contributed by atoms with Crippen molar-refractivity contribution in [3.8, 4) is 0 Å². The van der Waals surface area contributed by atoms with Crippen LogP contribution in [0.3, 0.4) is 0 Å². The van der Waals surface area contributed by atoms with Gasteiger partial charge in [-0.2, -0.15) is 4.31 Å². The molecule has 0 atom stereocenters. The van der Waals surface area contributed by atoms with E-state index in [1.807, 2.05) is 37.3 Å². The molecule has 0 fully saturated rings. The lowest BCUT2D eigenvalue weighted by Crippen LogP contribution is -2.42. The Morgan fingerprint density at radius 1 is 1.04 bits per heavy atom. The summed E-state index contributed by atoms with van der Waals surface area (Å²) in [4.78, 5) is 11.3. The Bertz CT molecular complexity index is 837. The van der Waals surface area contributed by atoms with Crippen molar-refractivity contribution in [1.29, 1.82) is 0 Å². The van der Waals surface area contributed by atoms with Crippen LogP contribution in [0.1, 0.15) is 22.3 Å². The minimum absolute atomic E-state index is 0.0765. The van der Waals surface area contributed by atoms with Gasteiger partial charge in [0, 0.05) is 6.54 Å². The maximum Gasteiger partial charge on any atom is 0.243 e. The Balaban J connectivity index is 2.37. The summed E-state index contributed by atoms with van der Waals surface area (Å²) in [7, 11) is -3.93. The number of carboxylic acid groups (broad SMARTS) is 1. The number of hydrogen-bond acceptors (Lipinski definition) is 4. The predicted octanol–water partition coefficient (Wildman–Crippen LogP) is 1.60. The maximum absolute atomic E-state index is 13.1. The molecule has 0 aliphatic rings. The number of rotatable bonds is 7. The highest BCUT2D eigenvalue weighted by Crippen LogP contribution is 2.25. The highest BCUT2D eigenvalue weighted by molar-refractivity contribution is 7.89. The number of nitrogens with zero attached hydrogens (tertiary/aromatic N) is 1. The molecule has 6 heteroatoms. The summed E-state index contributed by atoms with van der Waals surface area (Å²) < 4.78 is 27.1. The van der Waals surface area contributed by atoms with E-state index < -0.39 is 22.5 Å². The molecule has 0 unspecified atom stereocenters. The molecule has 5 nitrogen and oxygen atoms in total. The van der Waals surface area contributed by atoms with Crippen LogP contribution in [0, 0.1) is 20.8 Å². The Labute approximate surface area is 149 Å². The minimum Gasteiger partial charge on any atom is -0.549 e. The van der Waals surface area contributed by atoms with Crippen molar-refractivity contribution in [3.63, 3.8) is 0 Å². The van der Waals surface area contributed by atoms with Crippen molar-refractivity contribution in [2.75, 3.05) is 13.1 Å². The van der Waals surface area contributed by atoms with E-state index in [0.29, 0.717) is 17.5 Å². The number of carbonyl (C=O) groups excluding carboxylic acids is 1. The monoisotopic (exact) mass is 360 g/mol. The Morgan fingerprint density at radius 3 is 2.12 bits per heavy atom. The SMILES string of the molecule is Cc1cc(C)c(S(=O)(=O)N(CCc2ccccc2)CC(=O)[O-])c(C)c1. The molecule has 0 aliphatic heterocycles. The Morgan fingerprint density at radius 2 is 1.60 bits per heavy atom. The summed E-state index contributed by atoms with van der Waals surface area (Å²) in [5.41, 5.74) is 3.13. The smallest absolute Gasteiger partial charge is 0.243 e. The summed E-state index contributed by atoms with van der Waals surface area (Å²) in [5, 5.41) is 11.1. The van der Waals surface area contributed by atoms with E-state index >= 15 is 0 Å². The number of carbonyl (C=O) groups is 1. The third-order valence-corrected chi connectivity index (χ3v) is 6.15. The zero-order chi connectivity index (χ0) is 18.6. The first-order valence-corrected chi connectivity index (χ1v) is 9.47. The fourth-order valence-electron chi connectivity index (χ4n) is 3.03. The first-order valence-electron chi connectivity index (χ1n) is 8.03. The quantitative estimate of drug-likeness (QED) is 0.751. The highest BCUT2D eigenvalue weighted by atomic mass is 32.2. The normalized spacial score (nSPS) is 11.7. The van der Waals surface area contributed by atoms with E-state index in [4.69, 9.17) is 0 Å². The van der Waals surface area contributed by atoms with Gasteiger partial charge in [0.1, 0.15) is 0 Å². The third-order valence-electron chi connectivity index (χ3n) is 4.00. The summed E-state index contributed by atoms with van der Waals surface area (Å²) in [5.74, 6) is -1.42. The lowest BCUT2D eigenvalue weighted by molar-refractivity contribution is -0.305. The van der Waals surface area contributed by atoms with Gasteiger partial charge in [-0.25, -0.2) is 8.42 Å². The van der Waals surface area contributed by atoms with Crippen LogP contribution in [-0.2, 0) is 21.2 Å². The zero-order valence-electron chi connectivity index (χ0n) is 14.7. The Kier molecular flexibility index (Phi) is 5.98. The molecule has 0 heterocycles. The number of sulfonamides is 1. The van der Waals surface area contributed by atoms with Crippen LogP contribution < -0.4 is 5.11 Å². The van der Waals surface area contributed by atoms with Crippen LogP contribution in [-0.4, -0.2) is 31.8 Å². The predicted molar refractivity (Wildman–Crippen MR) is 94.6 cm³/mol. The second-order valence-electron chi connectivity index (χ2n) is 6.17. The summed E-state index contributed by atoms with van der Waals surface area (Å²) >= 11 is 0. The number of aryl methyl sites for hydroxylation is 3. The second-order valence-corrected chi connectivity index (χ2v) is 8.05. The van der Waals surface area contributed by atoms with Crippen LogP contribution >= 0.6 is 0 Å². The highest BCUT2D eigenvalue weighted by Gasteiger charge is 2.27. The van der Waals surface area contributed by atoms with Gasteiger partial charge in [0.25, 0.3) is 0 Å². The van der Waals surface area contributed by atoms with Crippen molar-refractivity contribution in [2.24, 2.45) is 0 Å². The van der Waals surface area contributed by atoms with E-state index in [0.717, 1.165) is 15.4 Å². The molecule has 0 aliphatic carbocycles. The van der Waals surface area contributed by atoms with Crippen LogP contribution in [0.25, 0.3) is 0 Å². The van der Waals surface area contributed by atoms with Crippen molar-refractivity contribution in [1.82, 2.24) is 4.31 Å². The summed E-state index contributed by atoms with van der Waals surface area (Å²) in [6.07, 6.45) is 0.428. The van der Waals surface area contributed by atoms with E-state index in [1.165, 1.54) is 0 Å². The van der Waals surface area contributed by atoms with Gasteiger partial charge in [-0.1, -0.05) is 48.0 Å². The van der Waals surface area contributed by atoms with Crippen LogP contribution in [0.4, 0.5) is 0 Å². The zero-order valence-corrected chi connectivity index (χ0v) is 15.5. The van der Waals surface area contributed by atoms with Gasteiger partial charge in [-0.05, 0) is 43.9 Å². The molecule has 134 valence electrons. The van der Waals surface area contributed by atoms with Crippen molar-refractivity contribution in [2.45, 2.75) is 32.1 Å². The van der Waals surface area contributed by atoms with Gasteiger partial charge in [0.15, 0.2) is 0 Å². The number of hydrogen-bond donors (Lipinski definition) is 0. The molecule has 2 aromatic rings. The van der Waals surface area contributed by atoms with Crippen LogP contribution in [0.15, 0.2) is 47.4 Å². The molecule has 0 saturated heterocycles. The van der Waals surface area contributed by atoms with E-state index in [-0.39, 0.29) is 11.4 Å². The lowest BCUT2D eigenvalue weighted by Gasteiger charge is -2.25. The fourth-order valence-corrected chi connectivity index (χ4v) is 4.83. The molecule has 0 N–H and O–H groups in total. The first-order chi connectivity index (χ1) is 11.7. The van der Waals surface area contributed by atoms with Gasteiger partial charge in [0.05, 0.1) is 17.4 Å². The molecule has 0 aromatic heterocycles. The third kappa shape index (κ3) is 4.67. The van der Waals surface area contributed by atoms with Gasteiger partial charge in [-0.3, -0.25) is 0 Å². The van der Waals surface area contributed by atoms with Crippen LogP contribution in [0.5, 0.6) is 0 Å². The van der Waals surface area contributed by atoms with Crippen LogP contribution in [0.2, 0.25) is 0 Å². The van der Waals surface area contributed by atoms with Gasteiger partial charge in [0.2, 0.25) is 10.0 Å². The molecular weight excluding hydrogens is 338 g/mol. The molecule has 2 aromatic carbocycles. The molecule has 0 spiro atoms. The second kappa shape index (κ2) is 7.80. The molecule has 0 saturated carbocycles. The first kappa shape index (κ1) is 19.1. The van der Waals surface area contributed by atoms with Crippen molar-refractivity contribution < 1.29 is 18.3 Å². The minimum atomic E-state index is -3.93. The average Bonchev–Trinajstić information content (AvgIpc) is 2.50. The summed E-state index contributed by atoms with van der Waals surface area (Å²) in [6.45, 7) is 4.75. The topological polar surface area (TPSA) is 77.5 Å². The largest absolute Gasteiger partial charge is 0.549 e. The molecule has 0 amide bonds. The Hall–Kier alpha value is -2.18. The van der Waals surface area contributed by atoms with Gasteiger partial charge < -0.3 is 9.90 Å². The molecule has 25 heavy (non-hydrogen) atoms. The lowest BCUT2D eigenvalue weighted by atomic mass is 10.1. The fraction of sp³-hybridized carbons (Fsp3) is 0.316. The molecule has 2 rings (SSSR count). The van der Waals surface area contributed by atoms with E-state index in [2.05, 4.69) is 0 Å². The molecule has 0 radical (unpaired) electrons.